The maximum absolute atomic E-state index is 15.6. The molecule has 2 aliphatic rings. The number of carbonyl (C=O) groups excluding carboxylic acids is 1. The van der Waals surface area contributed by atoms with Crippen molar-refractivity contribution in [3.63, 3.8) is 0 Å². The first-order chi connectivity index (χ1) is 16.6. The van der Waals surface area contributed by atoms with Crippen molar-refractivity contribution < 1.29 is 28.6 Å². The number of hydrogen-bond donors (Lipinski definition) is 1. The molecule has 1 aliphatic heterocycles. The van der Waals surface area contributed by atoms with Crippen molar-refractivity contribution >= 4 is 28.5 Å². The van der Waals surface area contributed by atoms with Gasteiger partial charge in [0.2, 0.25) is 5.43 Å². The van der Waals surface area contributed by atoms with E-state index in [9.17, 15) is 19.5 Å². The van der Waals surface area contributed by atoms with Crippen LogP contribution in [0.15, 0.2) is 17.1 Å². The second kappa shape index (κ2) is 9.49. The number of aromatic nitrogens is 1. The van der Waals surface area contributed by atoms with Gasteiger partial charge in [-0.3, -0.25) is 14.5 Å². The third-order valence-corrected chi connectivity index (χ3v) is 6.95. The van der Waals surface area contributed by atoms with Gasteiger partial charge in [0, 0.05) is 37.4 Å². The zero-order valence-electron chi connectivity index (χ0n) is 20.7. The predicted molar refractivity (Wildman–Crippen MR) is 129 cm³/mol. The molecule has 1 aliphatic carbocycles. The van der Waals surface area contributed by atoms with E-state index in [1.165, 1.54) is 13.3 Å². The van der Waals surface area contributed by atoms with Gasteiger partial charge in [0.1, 0.15) is 17.3 Å². The van der Waals surface area contributed by atoms with Gasteiger partial charge < -0.3 is 24.0 Å². The van der Waals surface area contributed by atoms with Crippen molar-refractivity contribution in [1.29, 1.82) is 0 Å². The van der Waals surface area contributed by atoms with Crippen LogP contribution >= 0.6 is 0 Å². The summed E-state index contributed by atoms with van der Waals surface area (Å²) < 4.78 is 28.3. The number of anilines is 1. The van der Waals surface area contributed by atoms with Crippen molar-refractivity contribution in [2.45, 2.75) is 64.7 Å². The van der Waals surface area contributed by atoms with Crippen LogP contribution in [0.25, 0.3) is 10.9 Å². The number of hydrogen-bond acceptors (Lipinski definition) is 7. The molecule has 0 spiro atoms. The average molecular weight is 490 g/mol. The molecule has 190 valence electrons. The molecule has 3 atom stereocenters. The van der Waals surface area contributed by atoms with Gasteiger partial charge in [0.25, 0.3) is 0 Å². The summed E-state index contributed by atoms with van der Waals surface area (Å²) in [5, 5.41) is 9.51. The van der Waals surface area contributed by atoms with Crippen molar-refractivity contribution in [3.05, 3.63) is 33.9 Å². The number of piperazine rings is 1. The quantitative estimate of drug-likeness (QED) is 0.593. The largest absolute Gasteiger partial charge is 0.492 e. The Hall–Kier alpha value is -3.14. The van der Waals surface area contributed by atoms with Crippen LogP contribution in [-0.2, 0) is 9.53 Å². The summed E-state index contributed by atoms with van der Waals surface area (Å²) >= 11 is 0. The maximum Gasteiger partial charge on any atom is 0.341 e. The highest BCUT2D eigenvalue weighted by atomic mass is 19.1. The highest BCUT2D eigenvalue weighted by Crippen LogP contribution is 2.44. The number of carboxylic acid groups (broad SMARTS) is 1. The molecular formula is C25H32FN3O6. The zero-order valence-corrected chi connectivity index (χ0v) is 20.7. The van der Waals surface area contributed by atoms with Crippen molar-refractivity contribution in [2.24, 2.45) is 0 Å². The first-order valence-corrected chi connectivity index (χ1v) is 12.0. The minimum absolute atomic E-state index is 0.00873. The van der Waals surface area contributed by atoms with Gasteiger partial charge in [0.05, 0.1) is 24.6 Å². The van der Waals surface area contributed by atoms with Crippen LogP contribution < -0.4 is 15.1 Å². The lowest BCUT2D eigenvalue weighted by Gasteiger charge is -2.47. The van der Waals surface area contributed by atoms with Crippen LogP contribution in [0.5, 0.6) is 5.75 Å². The summed E-state index contributed by atoms with van der Waals surface area (Å²) in [6.07, 6.45) is 3.02. The van der Waals surface area contributed by atoms with Crippen LogP contribution in [0.4, 0.5) is 10.1 Å². The zero-order chi connectivity index (χ0) is 25.6. The predicted octanol–water partition coefficient (Wildman–Crippen LogP) is 3.03. The fraction of sp³-hybridized carbons (Fsp3) is 0.560. The minimum atomic E-state index is -1.34. The highest BCUT2D eigenvalue weighted by molar-refractivity contribution is 5.97. The lowest BCUT2D eigenvalue weighted by molar-refractivity contribution is -0.151. The Balaban J connectivity index is 1.81. The second-order valence-corrected chi connectivity index (χ2v) is 9.43. The number of nitrogens with zero attached hydrogens (tertiary/aromatic N) is 3. The van der Waals surface area contributed by atoms with Crippen LogP contribution in [0.1, 0.15) is 56.9 Å². The van der Waals surface area contributed by atoms with E-state index in [4.69, 9.17) is 9.47 Å². The van der Waals surface area contributed by atoms with E-state index < -0.39 is 23.3 Å². The van der Waals surface area contributed by atoms with E-state index in [2.05, 4.69) is 4.90 Å². The number of fused-ring (bicyclic) bond motifs is 1. The van der Waals surface area contributed by atoms with Crippen molar-refractivity contribution in [2.75, 3.05) is 31.7 Å². The molecule has 1 N–H and O–H groups in total. The number of rotatable bonds is 7. The smallest absolute Gasteiger partial charge is 0.341 e. The fourth-order valence-electron chi connectivity index (χ4n) is 5.39. The minimum Gasteiger partial charge on any atom is -0.492 e. The second-order valence-electron chi connectivity index (χ2n) is 9.43. The molecule has 0 amide bonds. The Morgan fingerprint density at radius 3 is 2.37 bits per heavy atom. The van der Waals surface area contributed by atoms with Gasteiger partial charge in [-0.05, 0) is 46.6 Å². The van der Waals surface area contributed by atoms with Crippen molar-refractivity contribution in [1.82, 2.24) is 9.47 Å². The molecule has 4 rings (SSSR count). The lowest BCUT2D eigenvalue weighted by atomic mass is 10.0. The summed E-state index contributed by atoms with van der Waals surface area (Å²) in [5.74, 6) is -2.07. The molecule has 1 saturated carbocycles. The maximum atomic E-state index is 15.6. The SMILES string of the molecule is CCOC(=O)C(C)N1C(C)CN(c2c(F)cc3c(=O)c(C(=O)O)cn(C4CC4)c3c2OC)CC1C. The van der Waals surface area contributed by atoms with E-state index in [0.717, 1.165) is 18.9 Å². The molecule has 2 aromatic rings. The highest BCUT2D eigenvalue weighted by Gasteiger charge is 2.38. The van der Waals surface area contributed by atoms with Gasteiger partial charge in [-0.1, -0.05) is 0 Å². The number of benzene rings is 1. The third kappa shape index (κ3) is 4.35. The standard InChI is InChI=1S/C25H32FN3O6/c1-6-35-25(33)15(4)29-13(2)10-27(11-14(29)3)21-19(26)9-17-20(23(21)34-5)28(16-7-8-16)12-18(22(17)30)24(31)32/h9,12-16H,6-8,10-11H2,1-5H3,(H,31,32). The molecule has 10 heteroatoms. The number of methoxy groups -OCH3 is 1. The fourth-order valence-corrected chi connectivity index (χ4v) is 5.39. The van der Waals surface area contributed by atoms with E-state index in [0.29, 0.717) is 25.2 Å². The first kappa shape index (κ1) is 25.0. The number of esters is 1. The van der Waals surface area contributed by atoms with Gasteiger partial charge in [-0.25, -0.2) is 9.18 Å². The van der Waals surface area contributed by atoms with Crippen LogP contribution in [-0.4, -0.2) is 71.4 Å². The van der Waals surface area contributed by atoms with Gasteiger partial charge in [0.15, 0.2) is 11.6 Å². The molecule has 2 fully saturated rings. The van der Waals surface area contributed by atoms with Crippen LogP contribution in [0, 0.1) is 5.82 Å². The monoisotopic (exact) mass is 489 g/mol. The number of halogens is 1. The molecule has 0 bridgehead atoms. The Labute approximate surface area is 203 Å². The average Bonchev–Trinajstić information content (AvgIpc) is 3.63. The third-order valence-electron chi connectivity index (χ3n) is 6.95. The molecule has 3 unspecified atom stereocenters. The van der Waals surface area contributed by atoms with E-state index >= 15 is 4.39 Å². The van der Waals surface area contributed by atoms with Crippen LogP contribution in [0.3, 0.4) is 0 Å². The van der Waals surface area contributed by atoms with Gasteiger partial charge >= 0.3 is 11.9 Å². The summed E-state index contributed by atoms with van der Waals surface area (Å²) in [7, 11) is 1.43. The molecule has 1 saturated heterocycles. The van der Waals surface area contributed by atoms with E-state index in [1.807, 2.05) is 25.7 Å². The number of carboxylic acids is 1. The molecule has 35 heavy (non-hydrogen) atoms. The number of pyridine rings is 1. The first-order valence-electron chi connectivity index (χ1n) is 12.0. The molecule has 9 nitrogen and oxygen atoms in total. The molecular weight excluding hydrogens is 457 g/mol. The summed E-state index contributed by atoms with van der Waals surface area (Å²) in [6, 6.07) is 0.517. The van der Waals surface area contributed by atoms with Gasteiger partial charge in [-0.15, -0.1) is 0 Å². The number of aromatic carboxylic acids is 1. The van der Waals surface area contributed by atoms with Crippen LogP contribution in [0.2, 0.25) is 0 Å². The lowest BCUT2D eigenvalue weighted by Crippen LogP contribution is -2.61. The Morgan fingerprint density at radius 1 is 1.23 bits per heavy atom. The van der Waals surface area contributed by atoms with Crippen molar-refractivity contribution in [3.8, 4) is 5.75 Å². The molecule has 0 radical (unpaired) electrons. The van der Waals surface area contributed by atoms with E-state index in [-0.39, 0.29) is 46.5 Å². The van der Waals surface area contributed by atoms with Gasteiger partial charge in [-0.2, -0.15) is 0 Å². The molecule has 1 aromatic heterocycles. The number of carbonyl (C=O) groups is 2. The number of ether oxygens (including phenoxy) is 2. The normalized spacial score (nSPS) is 21.7. The molecule has 1 aromatic carbocycles. The Morgan fingerprint density at radius 2 is 1.86 bits per heavy atom. The Kier molecular flexibility index (Phi) is 6.77. The molecule has 2 heterocycles. The van der Waals surface area contributed by atoms with E-state index in [1.54, 1.807) is 11.5 Å². The Bertz CT molecular complexity index is 1210. The topological polar surface area (TPSA) is 101 Å². The summed E-state index contributed by atoms with van der Waals surface area (Å²) in [6.45, 7) is 8.68. The summed E-state index contributed by atoms with van der Waals surface area (Å²) in [5.41, 5.74) is -0.478. The summed E-state index contributed by atoms with van der Waals surface area (Å²) in [4.78, 5) is 40.9.